The lowest BCUT2D eigenvalue weighted by Crippen LogP contribution is -2.53. The number of hydrogen-bond acceptors (Lipinski definition) is 4. The van der Waals surface area contributed by atoms with Crippen molar-refractivity contribution in [1.29, 1.82) is 0 Å². The summed E-state index contributed by atoms with van der Waals surface area (Å²) in [6, 6.07) is 20.5. The van der Waals surface area contributed by atoms with Gasteiger partial charge in [0.2, 0.25) is 11.8 Å². The van der Waals surface area contributed by atoms with Crippen molar-refractivity contribution in [2.24, 2.45) is 0 Å². The number of sulfonamides is 1. The highest BCUT2D eigenvalue weighted by Crippen LogP contribution is 2.27. The second-order valence-corrected chi connectivity index (χ2v) is 12.2. The molecule has 3 rings (SSSR count). The highest BCUT2D eigenvalue weighted by Gasteiger charge is 2.34. The summed E-state index contributed by atoms with van der Waals surface area (Å²) in [7, 11) is -4.09. The van der Waals surface area contributed by atoms with E-state index in [1.165, 1.54) is 4.90 Å². The number of anilines is 1. The molecule has 0 saturated carbocycles. The normalized spacial score (nSPS) is 12.8. The van der Waals surface area contributed by atoms with E-state index in [2.05, 4.69) is 5.32 Å². The molecule has 3 aromatic carbocycles. The molecule has 1 N–H and O–H groups in total. The summed E-state index contributed by atoms with van der Waals surface area (Å²) in [6.07, 6.45) is 1.14. The largest absolute Gasteiger partial charge is 0.352 e. The first-order valence-electron chi connectivity index (χ1n) is 13.8. The van der Waals surface area contributed by atoms with Gasteiger partial charge in [-0.05, 0) is 81.5 Å². The maximum absolute atomic E-state index is 14.1. The number of benzene rings is 3. The number of carbonyl (C=O) groups is 2. The van der Waals surface area contributed by atoms with E-state index < -0.39 is 28.5 Å². The quantitative estimate of drug-likeness (QED) is 0.314. The third-order valence-electron chi connectivity index (χ3n) is 7.25. The topological polar surface area (TPSA) is 86.8 Å². The van der Waals surface area contributed by atoms with E-state index in [9.17, 15) is 18.0 Å². The average molecular weight is 564 g/mol. The molecule has 40 heavy (non-hydrogen) atoms. The van der Waals surface area contributed by atoms with Crippen LogP contribution in [0.4, 0.5) is 5.69 Å². The predicted octanol–water partition coefficient (Wildman–Crippen LogP) is 5.53. The number of nitrogens with one attached hydrogen (secondary N) is 1. The monoisotopic (exact) mass is 563 g/mol. The van der Waals surface area contributed by atoms with Crippen molar-refractivity contribution in [3.05, 3.63) is 95.1 Å². The van der Waals surface area contributed by atoms with Crippen molar-refractivity contribution in [1.82, 2.24) is 10.2 Å². The van der Waals surface area contributed by atoms with Crippen LogP contribution in [0.3, 0.4) is 0 Å². The van der Waals surface area contributed by atoms with Crippen molar-refractivity contribution in [2.45, 2.75) is 77.9 Å². The lowest BCUT2D eigenvalue weighted by molar-refractivity contribution is -0.140. The highest BCUT2D eigenvalue weighted by molar-refractivity contribution is 7.92. The summed E-state index contributed by atoms with van der Waals surface area (Å²) in [5, 5.41) is 3.00. The Hall–Kier alpha value is -3.65. The minimum atomic E-state index is -4.09. The van der Waals surface area contributed by atoms with Crippen LogP contribution in [-0.4, -0.2) is 43.8 Å². The molecule has 0 spiro atoms. The number of hydrogen-bond donors (Lipinski definition) is 1. The molecule has 0 aromatic heterocycles. The molecular formula is C32H41N3O4S. The van der Waals surface area contributed by atoms with Crippen LogP contribution in [0.15, 0.2) is 77.7 Å². The van der Waals surface area contributed by atoms with Gasteiger partial charge in [-0.25, -0.2) is 8.42 Å². The molecule has 2 atom stereocenters. The van der Waals surface area contributed by atoms with Crippen LogP contribution >= 0.6 is 0 Å². The lowest BCUT2D eigenvalue weighted by Gasteiger charge is -2.34. The first kappa shape index (κ1) is 30.9. The maximum atomic E-state index is 14.1. The smallest absolute Gasteiger partial charge is 0.264 e. The Kier molecular flexibility index (Phi) is 10.5. The van der Waals surface area contributed by atoms with Gasteiger partial charge in [0.1, 0.15) is 12.6 Å². The zero-order valence-corrected chi connectivity index (χ0v) is 25.2. The average Bonchev–Trinajstić information content (AvgIpc) is 2.93. The van der Waals surface area contributed by atoms with Crippen molar-refractivity contribution >= 4 is 27.5 Å². The Morgan fingerprint density at radius 3 is 2.08 bits per heavy atom. The third-order valence-corrected chi connectivity index (χ3v) is 9.04. The zero-order valence-electron chi connectivity index (χ0n) is 24.3. The van der Waals surface area contributed by atoms with Gasteiger partial charge in [0.05, 0.1) is 10.6 Å². The summed E-state index contributed by atoms with van der Waals surface area (Å²) < 4.78 is 29.1. The van der Waals surface area contributed by atoms with Crippen LogP contribution < -0.4 is 9.62 Å². The Morgan fingerprint density at radius 1 is 0.850 bits per heavy atom. The van der Waals surface area contributed by atoms with Gasteiger partial charge in [0, 0.05) is 12.6 Å². The molecule has 0 radical (unpaired) electrons. The van der Waals surface area contributed by atoms with Gasteiger partial charge in [0.15, 0.2) is 0 Å². The molecule has 2 amide bonds. The van der Waals surface area contributed by atoms with Crippen molar-refractivity contribution < 1.29 is 18.0 Å². The lowest BCUT2D eigenvalue weighted by atomic mass is 10.1. The zero-order chi connectivity index (χ0) is 29.4. The van der Waals surface area contributed by atoms with Gasteiger partial charge in [0.25, 0.3) is 10.0 Å². The Morgan fingerprint density at radius 2 is 1.50 bits per heavy atom. The van der Waals surface area contributed by atoms with Crippen LogP contribution in [0.1, 0.15) is 55.9 Å². The molecule has 0 bridgehead atoms. The Bertz CT molecular complexity index is 1410. The van der Waals surface area contributed by atoms with Gasteiger partial charge >= 0.3 is 0 Å². The summed E-state index contributed by atoms with van der Waals surface area (Å²) in [5.41, 5.74) is 4.11. The first-order chi connectivity index (χ1) is 19.0. The number of rotatable bonds is 12. The van der Waals surface area contributed by atoms with Crippen molar-refractivity contribution in [2.75, 3.05) is 10.8 Å². The number of carbonyl (C=O) groups excluding carboxylic acids is 2. The molecule has 0 unspecified atom stereocenters. The molecule has 0 fully saturated rings. The summed E-state index contributed by atoms with van der Waals surface area (Å²) in [6.45, 7) is 11.2. The minimum absolute atomic E-state index is 0.0517. The van der Waals surface area contributed by atoms with Crippen LogP contribution in [0.2, 0.25) is 0 Å². The molecule has 214 valence electrons. The van der Waals surface area contributed by atoms with Crippen LogP contribution in [0, 0.1) is 20.8 Å². The molecule has 7 nitrogen and oxygen atoms in total. The summed E-state index contributed by atoms with van der Waals surface area (Å²) in [4.78, 5) is 29.0. The van der Waals surface area contributed by atoms with Gasteiger partial charge < -0.3 is 10.2 Å². The molecule has 0 aliphatic heterocycles. The van der Waals surface area contributed by atoms with E-state index in [0.717, 1.165) is 33.0 Å². The number of aryl methyl sites for hydroxylation is 3. The first-order valence-corrected chi connectivity index (χ1v) is 15.2. The fourth-order valence-corrected chi connectivity index (χ4v) is 5.79. The Labute approximate surface area is 239 Å². The minimum Gasteiger partial charge on any atom is -0.352 e. The van der Waals surface area contributed by atoms with Crippen LogP contribution in [0.25, 0.3) is 0 Å². The molecule has 3 aromatic rings. The number of nitrogens with zero attached hydrogens (tertiary/aromatic N) is 2. The molecule has 0 heterocycles. The fourth-order valence-electron chi connectivity index (χ4n) is 4.39. The summed E-state index contributed by atoms with van der Waals surface area (Å²) in [5.74, 6) is -0.704. The predicted molar refractivity (Wildman–Crippen MR) is 161 cm³/mol. The van der Waals surface area contributed by atoms with Gasteiger partial charge in [-0.2, -0.15) is 0 Å². The summed E-state index contributed by atoms with van der Waals surface area (Å²) >= 11 is 0. The molecule has 0 aliphatic carbocycles. The van der Waals surface area contributed by atoms with Crippen molar-refractivity contribution in [3.63, 3.8) is 0 Å². The highest BCUT2D eigenvalue weighted by atomic mass is 32.2. The van der Waals surface area contributed by atoms with E-state index in [1.54, 1.807) is 36.4 Å². The van der Waals surface area contributed by atoms with Gasteiger partial charge in [-0.3, -0.25) is 13.9 Å². The maximum Gasteiger partial charge on any atom is 0.264 e. The second-order valence-electron chi connectivity index (χ2n) is 10.3. The standard InChI is InChI=1S/C32H41N3O4S/c1-7-26(6)33-32(37)30(8-2)34(21-27-12-10-9-11-13-27)31(36)22-35(28-17-16-24(4)25(5)20-28)40(38,39)29-18-14-23(3)15-19-29/h9-20,26,30H,7-8,21-22H2,1-6H3,(H,33,37)/t26-,30-/m0/s1. The van der Waals surface area contributed by atoms with E-state index in [0.29, 0.717) is 12.1 Å². The molecular weight excluding hydrogens is 522 g/mol. The molecule has 0 aliphatic rings. The van der Waals surface area contributed by atoms with E-state index in [4.69, 9.17) is 0 Å². The van der Waals surface area contributed by atoms with E-state index in [-0.39, 0.29) is 23.4 Å². The van der Waals surface area contributed by atoms with Crippen LogP contribution in [0.5, 0.6) is 0 Å². The van der Waals surface area contributed by atoms with E-state index in [1.807, 2.05) is 77.9 Å². The van der Waals surface area contributed by atoms with Crippen LogP contribution in [-0.2, 0) is 26.2 Å². The number of amides is 2. The van der Waals surface area contributed by atoms with Gasteiger partial charge in [-0.15, -0.1) is 0 Å². The van der Waals surface area contributed by atoms with Crippen molar-refractivity contribution in [3.8, 4) is 0 Å². The Balaban J connectivity index is 2.07. The van der Waals surface area contributed by atoms with E-state index >= 15 is 0 Å². The van der Waals surface area contributed by atoms with Gasteiger partial charge in [-0.1, -0.05) is 67.9 Å². The SMILES string of the molecule is CC[C@H](C)NC(=O)[C@H](CC)N(Cc1ccccc1)C(=O)CN(c1ccc(C)c(C)c1)S(=O)(=O)c1ccc(C)cc1. The molecule has 8 heteroatoms. The second kappa shape index (κ2) is 13.6. The molecule has 0 saturated heterocycles. The fraction of sp³-hybridized carbons (Fsp3) is 0.375. The third kappa shape index (κ3) is 7.50.